The molecule has 0 saturated heterocycles. The zero-order valence-corrected chi connectivity index (χ0v) is 14.6. The maximum atomic E-state index is 12.3. The van der Waals surface area contributed by atoms with E-state index in [1.165, 1.54) is 0 Å². The predicted octanol–water partition coefficient (Wildman–Crippen LogP) is 2.83. The van der Waals surface area contributed by atoms with Gasteiger partial charge in [0.25, 0.3) is 0 Å². The van der Waals surface area contributed by atoms with E-state index in [1.807, 2.05) is 60.8 Å². The number of amides is 1. The maximum Gasteiger partial charge on any atom is 0.246 e. The lowest BCUT2D eigenvalue weighted by Crippen LogP contribution is -2.18. The van der Waals surface area contributed by atoms with Crippen LogP contribution >= 0.6 is 0 Å². The van der Waals surface area contributed by atoms with E-state index in [2.05, 4.69) is 20.5 Å². The third-order valence-electron chi connectivity index (χ3n) is 3.98. The van der Waals surface area contributed by atoms with Crippen molar-refractivity contribution in [1.82, 2.24) is 24.5 Å². The standard InChI is InChI=1S/C20H18N6O/c27-20(15-25-11-9-19(24-25)18-8-4-5-10-21-18)23-17-12-22-26(14-17)13-16-6-2-1-3-7-16/h1-12,14H,13,15H2,(H,23,27). The lowest BCUT2D eigenvalue weighted by Gasteiger charge is -2.03. The van der Waals surface area contributed by atoms with Gasteiger partial charge in [-0.15, -0.1) is 0 Å². The minimum atomic E-state index is -0.162. The molecule has 4 aromatic rings. The first kappa shape index (κ1) is 16.7. The molecule has 1 aromatic carbocycles. The smallest absolute Gasteiger partial charge is 0.246 e. The molecule has 0 unspecified atom stereocenters. The first-order valence-electron chi connectivity index (χ1n) is 8.57. The fourth-order valence-electron chi connectivity index (χ4n) is 2.73. The largest absolute Gasteiger partial charge is 0.322 e. The zero-order valence-electron chi connectivity index (χ0n) is 14.6. The topological polar surface area (TPSA) is 77.6 Å². The minimum Gasteiger partial charge on any atom is -0.322 e. The van der Waals surface area contributed by atoms with Gasteiger partial charge in [-0.1, -0.05) is 36.4 Å². The number of carbonyl (C=O) groups excluding carboxylic acids is 1. The van der Waals surface area contributed by atoms with E-state index in [0.717, 1.165) is 17.0 Å². The highest BCUT2D eigenvalue weighted by molar-refractivity contribution is 5.90. The van der Waals surface area contributed by atoms with Gasteiger partial charge in [-0.3, -0.25) is 19.1 Å². The van der Waals surface area contributed by atoms with Crippen LogP contribution in [0.25, 0.3) is 11.4 Å². The highest BCUT2D eigenvalue weighted by Gasteiger charge is 2.08. The molecule has 3 heterocycles. The van der Waals surface area contributed by atoms with E-state index < -0.39 is 0 Å². The molecule has 1 amide bonds. The molecule has 0 radical (unpaired) electrons. The molecule has 4 rings (SSSR count). The molecule has 0 saturated carbocycles. The molecule has 1 N–H and O–H groups in total. The summed E-state index contributed by atoms with van der Waals surface area (Å²) in [5.74, 6) is -0.162. The fourth-order valence-corrected chi connectivity index (χ4v) is 2.73. The Bertz CT molecular complexity index is 1020. The molecule has 0 aliphatic heterocycles. The quantitative estimate of drug-likeness (QED) is 0.575. The monoisotopic (exact) mass is 358 g/mol. The van der Waals surface area contributed by atoms with Crippen LogP contribution in [0, 0.1) is 0 Å². The van der Waals surface area contributed by atoms with E-state index in [-0.39, 0.29) is 12.5 Å². The highest BCUT2D eigenvalue weighted by Crippen LogP contribution is 2.13. The summed E-state index contributed by atoms with van der Waals surface area (Å²) in [4.78, 5) is 16.5. The van der Waals surface area contributed by atoms with Crippen LogP contribution in [0.15, 0.2) is 79.4 Å². The second-order valence-electron chi connectivity index (χ2n) is 6.07. The Kier molecular flexibility index (Phi) is 4.74. The van der Waals surface area contributed by atoms with Gasteiger partial charge in [0, 0.05) is 18.6 Å². The van der Waals surface area contributed by atoms with Crippen molar-refractivity contribution in [1.29, 1.82) is 0 Å². The van der Waals surface area contributed by atoms with Crippen molar-refractivity contribution < 1.29 is 4.79 Å². The van der Waals surface area contributed by atoms with Crippen LogP contribution in [-0.2, 0) is 17.9 Å². The van der Waals surface area contributed by atoms with Gasteiger partial charge in [-0.2, -0.15) is 10.2 Å². The summed E-state index contributed by atoms with van der Waals surface area (Å²) >= 11 is 0. The number of anilines is 1. The maximum absolute atomic E-state index is 12.3. The number of aromatic nitrogens is 5. The normalized spacial score (nSPS) is 10.7. The Morgan fingerprint density at radius 1 is 0.963 bits per heavy atom. The molecule has 3 aromatic heterocycles. The Morgan fingerprint density at radius 2 is 1.81 bits per heavy atom. The van der Waals surface area contributed by atoms with Gasteiger partial charge in [-0.25, -0.2) is 0 Å². The van der Waals surface area contributed by atoms with Crippen LogP contribution in [0.1, 0.15) is 5.56 Å². The number of nitrogens with zero attached hydrogens (tertiary/aromatic N) is 5. The number of benzene rings is 1. The third kappa shape index (κ3) is 4.27. The molecular formula is C20H18N6O. The predicted molar refractivity (Wildman–Crippen MR) is 102 cm³/mol. The SMILES string of the molecule is O=C(Cn1ccc(-c2ccccn2)n1)Nc1cnn(Cc2ccccc2)c1. The van der Waals surface area contributed by atoms with Gasteiger partial charge in [0.15, 0.2) is 0 Å². The summed E-state index contributed by atoms with van der Waals surface area (Å²) in [6.07, 6.45) is 6.94. The van der Waals surface area contributed by atoms with Crippen LogP contribution < -0.4 is 5.32 Å². The molecule has 27 heavy (non-hydrogen) atoms. The number of hydrogen-bond donors (Lipinski definition) is 1. The Hall–Kier alpha value is -3.74. The number of hydrogen-bond acceptors (Lipinski definition) is 4. The molecule has 134 valence electrons. The van der Waals surface area contributed by atoms with E-state index in [0.29, 0.717) is 12.2 Å². The van der Waals surface area contributed by atoms with E-state index in [4.69, 9.17) is 0 Å². The van der Waals surface area contributed by atoms with Crippen molar-refractivity contribution >= 4 is 11.6 Å². The van der Waals surface area contributed by atoms with Crippen LogP contribution in [-0.4, -0.2) is 30.5 Å². The van der Waals surface area contributed by atoms with Crippen molar-refractivity contribution in [2.45, 2.75) is 13.1 Å². The van der Waals surface area contributed by atoms with E-state index in [9.17, 15) is 4.79 Å². The van der Waals surface area contributed by atoms with Crippen LogP contribution in [0.2, 0.25) is 0 Å². The second-order valence-corrected chi connectivity index (χ2v) is 6.07. The van der Waals surface area contributed by atoms with Crippen LogP contribution in [0.5, 0.6) is 0 Å². The first-order valence-corrected chi connectivity index (χ1v) is 8.57. The summed E-state index contributed by atoms with van der Waals surface area (Å²) in [5, 5.41) is 11.5. The van der Waals surface area contributed by atoms with Gasteiger partial charge in [-0.05, 0) is 23.8 Å². The molecule has 0 bridgehead atoms. The van der Waals surface area contributed by atoms with Crippen molar-refractivity contribution in [3.05, 3.63) is 84.9 Å². The summed E-state index contributed by atoms with van der Waals surface area (Å²) in [5.41, 5.74) is 3.32. The lowest BCUT2D eigenvalue weighted by molar-refractivity contribution is -0.116. The zero-order chi connectivity index (χ0) is 18.5. The van der Waals surface area contributed by atoms with Crippen LogP contribution in [0.3, 0.4) is 0 Å². The van der Waals surface area contributed by atoms with Gasteiger partial charge in [0.2, 0.25) is 5.91 Å². The lowest BCUT2D eigenvalue weighted by atomic mass is 10.2. The van der Waals surface area contributed by atoms with Crippen molar-refractivity contribution in [2.75, 3.05) is 5.32 Å². The van der Waals surface area contributed by atoms with Crippen molar-refractivity contribution in [3.63, 3.8) is 0 Å². The van der Waals surface area contributed by atoms with Gasteiger partial charge >= 0.3 is 0 Å². The molecule has 0 atom stereocenters. The minimum absolute atomic E-state index is 0.122. The Balaban J connectivity index is 1.35. The summed E-state index contributed by atoms with van der Waals surface area (Å²) in [6.45, 7) is 0.778. The summed E-state index contributed by atoms with van der Waals surface area (Å²) in [7, 11) is 0. The van der Waals surface area contributed by atoms with E-state index >= 15 is 0 Å². The number of rotatable bonds is 6. The highest BCUT2D eigenvalue weighted by atomic mass is 16.2. The molecule has 0 aliphatic rings. The van der Waals surface area contributed by atoms with Gasteiger partial charge in [0.1, 0.15) is 12.2 Å². The first-order chi connectivity index (χ1) is 13.3. The molecule has 0 fully saturated rings. The fraction of sp³-hybridized carbons (Fsp3) is 0.100. The Labute approximate surface area is 156 Å². The van der Waals surface area contributed by atoms with Crippen LogP contribution in [0.4, 0.5) is 5.69 Å². The van der Waals surface area contributed by atoms with Gasteiger partial charge in [0.05, 0.1) is 24.1 Å². The molecule has 7 nitrogen and oxygen atoms in total. The number of nitrogens with one attached hydrogen (secondary N) is 1. The van der Waals surface area contributed by atoms with Gasteiger partial charge < -0.3 is 5.32 Å². The molecule has 0 spiro atoms. The average Bonchev–Trinajstić information content (AvgIpc) is 3.33. The number of pyridine rings is 1. The third-order valence-corrected chi connectivity index (χ3v) is 3.98. The van der Waals surface area contributed by atoms with Crippen molar-refractivity contribution in [3.8, 4) is 11.4 Å². The number of carbonyl (C=O) groups is 1. The molecular weight excluding hydrogens is 340 g/mol. The molecule has 0 aliphatic carbocycles. The summed E-state index contributed by atoms with van der Waals surface area (Å²) in [6, 6.07) is 17.5. The average molecular weight is 358 g/mol. The Morgan fingerprint density at radius 3 is 2.63 bits per heavy atom. The second kappa shape index (κ2) is 7.65. The molecule has 7 heteroatoms. The van der Waals surface area contributed by atoms with Crippen molar-refractivity contribution in [2.24, 2.45) is 0 Å². The van der Waals surface area contributed by atoms with E-state index in [1.54, 1.807) is 28.0 Å². The summed E-state index contributed by atoms with van der Waals surface area (Å²) < 4.78 is 3.38.